The van der Waals surface area contributed by atoms with Gasteiger partial charge in [0.1, 0.15) is 13.2 Å². The van der Waals surface area contributed by atoms with E-state index in [-0.39, 0.29) is 24.4 Å². The summed E-state index contributed by atoms with van der Waals surface area (Å²) >= 11 is 6.22. The van der Waals surface area contributed by atoms with Crippen LogP contribution in [0.1, 0.15) is 18.9 Å². The molecule has 23 heavy (non-hydrogen) atoms. The van der Waals surface area contributed by atoms with Crippen LogP contribution in [-0.2, 0) is 11.2 Å². The van der Waals surface area contributed by atoms with Crippen LogP contribution >= 0.6 is 24.0 Å². The number of rotatable bonds is 3. The van der Waals surface area contributed by atoms with Gasteiger partial charge in [-0.05, 0) is 43.5 Å². The monoisotopic (exact) mass is 360 g/mol. The molecule has 3 rings (SSSR count). The van der Waals surface area contributed by atoms with Crippen molar-refractivity contribution in [2.45, 2.75) is 25.8 Å². The molecule has 1 aromatic carbocycles. The average molecular weight is 361 g/mol. The highest BCUT2D eigenvalue weighted by Crippen LogP contribution is 2.38. The number of fused-ring (bicyclic) bond motifs is 1. The number of hydrogen-bond donors (Lipinski definition) is 1. The molecule has 128 valence electrons. The van der Waals surface area contributed by atoms with Crippen LogP contribution in [0.2, 0.25) is 5.02 Å². The minimum atomic E-state index is 0. The highest BCUT2D eigenvalue weighted by atomic mass is 35.5. The van der Waals surface area contributed by atoms with Crippen molar-refractivity contribution in [3.63, 3.8) is 0 Å². The first kappa shape index (κ1) is 18.2. The summed E-state index contributed by atoms with van der Waals surface area (Å²) in [7, 11) is 0. The van der Waals surface area contributed by atoms with E-state index < -0.39 is 0 Å². The number of ether oxygens (including phenoxy) is 2. The van der Waals surface area contributed by atoms with Gasteiger partial charge in [-0.1, -0.05) is 11.6 Å². The van der Waals surface area contributed by atoms with E-state index in [9.17, 15) is 4.79 Å². The van der Waals surface area contributed by atoms with Gasteiger partial charge in [0.05, 0.1) is 11.4 Å². The number of nitrogens with two attached hydrogens (primary N) is 1. The number of benzene rings is 1. The van der Waals surface area contributed by atoms with E-state index in [2.05, 4.69) is 6.92 Å². The van der Waals surface area contributed by atoms with Crippen molar-refractivity contribution in [3.05, 3.63) is 22.7 Å². The zero-order valence-electron chi connectivity index (χ0n) is 13.1. The average Bonchev–Trinajstić information content (AvgIpc) is 2.88. The molecule has 1 amide bonds. The first-order valence-electron chi connectivity index (χ1n) is 7.66. The fourth-order valence-corrected chi connectivity index (χ4v) is 3.49. The minimum absolute atomic E-state index is 0. The zero-order chi connectivity index (χ0) is 15.7. The molecule has 7 heteroatoms. The summed E-state index contributed by atoms with van der Waals surface area (Å²) in [6, 6.07) is 3.88. The van der Waals surface area contributed by atoms with Crippen molar-refractivity contribution >= 4 is 29.9 Å². The maximum atomic E-state index is 12.5. The first-order chi connectivity index (χ1) is 10.6. The highest BCUT2D eigenvalue weighted by molar-refractivity contribution is 6.32. The van der Waals surface area contributed by atoms with Crippen LogP contribution in [0.3, 0.4) is 0 Å². The third-order valence-corrected chi connectivity index (χ3v) is 4.61. The van der Waals surface area contributed by atoms with E-state index in [1.165, 1.54) is 0 Å². The number of halogens is 2. The van der Waals surface area contributed by atoms with Gasteiger partial charge in [0.25, 0.3) is 0 Å². The van der Waals surface area contributed by atoms with Gasteiger partial charge in [0.15, 0.2) is 11.5 Å². The smallest absolute Gasteiger partial charge is 0.227 e. The Kier molecular flexibility index (Phi) is 6.00. The summed E-state index contributed by atoms with van der Waals surface area (Å²) in [4.78, 5) is 14.5. The fourth-order valence-electron chi connectivity index (χ4n) is 3.20. The molecule has 0 aliphatic carbocycles. The molecule has 1 saturated heterocycles. The summed E-state index contributed by atoms with van der Waals surface area (Å²) in [5, 5.41) is 0.495. The van der Waals surface area contributed by atoms with Crippen LogP contribution in [0.15, 0.2) is 12.1 Å². The largest absolute Gasteiger partial charge is 0.486 e. The molecular formula is C16H22Cl2N2O3. The summed E-state index contributed by atoms with van der Waals surface area (Å²) in [5.74, 6) is 1.71. The van der Waals surface area contributed by atoms with Crippen LogP contribution in [0.25, 0.3) is 0 Å². The zero-order valence-corrected chi connectivity index (χ0v) is 14.7. The Morgan fingerprint density at radius 3 is 2.83 bits per heavy atom. The lowest BCUT2D eigenvalue weighted by atomic mass is 10.1. The Morgan fingerprint density at radius 2 is 2.13 bits per heavy atom. The molecular weight excluding hydrogens is 339 g/mol. The molecule has 2 N–H and O–H groups in total. The van der Waals surface area contributed by atoms with Crippen molar-refractivity contribution in [3.8, 4) is 11.5 Å². The van der Waals surface area contributed by atoms with Crippen molar-refractivity contribution in [1.82, 2.24) is 4.90 Å². The summed E-state index contributed by atoms with van der Waals surface area (Å²) in [6.45, 7) is 4.45. The van der Waals surface area contributed by atoms with Crippen LogP contribution < -0.4 is 15.2 Å². The lowest BCUT2D eigenvalue weighted by molar-refractivity contribution is -0.131. The molecule has 2 atom stereocenters. The third-order valence-electron chi connectivity index (χ3n) is 4.33. The lowest BCUT2D eigenvalue weighted by Crippen LogP contribution is -2.35. The first-order valence-corrected chi connectivity index (χ1v) is 8.04. The number of likely N-dealkylation sites (tertiary alicyclic amines) is 1. The van der Waals surface area contributed by atoms with Gasteiger partial charge in [0, 0.05) is 12.6 Å². The maximum absolute atomic E-state index is 12.5. The summed E-state index contributed by atoms with van der Waals surface area (Å²) < 4.78 is 11.1. The molecule has 0 bridgehead atoms. The summed E-state index contributed by atoms with van der Waals surface area (Å²) in [6.07, 6.45) is 1.29. The molecule has 2 aliphatic rings. The predicted octanol–water partition coefficient (Wildman–Crippen LogP) is 2.27. The second kappa shape index (κ2) is 7.60. The molecule has 2 unspecified atom stereocenters. The lowest BCUT2D eigenvalue weighted by Gasteiger charge is -2.23. The topological polar surface area (TPSA) is 64.8 Å². The van der Waals surface area contributed by atoms with E-state index in [4.69, 9.17) is 26.8 Å². The number of carbonyl (C=O) groups is 1. The standard InChI is InChI=1S/C16H21ClN2O3.ClH/c1-10-4-12(8-18)9-19(10)15(20)7-11-5-13(17)16-14(6-11)21-2-3-22-16;/h5-6,10,12H,2-4,7-9,18H2,1H3;1H. The van der Waals surface area contributed by atoms with Crippen LogP contribution in [0.5, 0.6) is 11.5 Å². The number of carbonyl (C=O) groups excluding carboxylic acids is 1. The van der Waals surface area contributed by atoms with Crippen molar-refractivity contribution in [1.29, 1.82) is 0 Å². The van der Waals surface area contributed by atoms with Crippen LogP contribution in [0, 0.1) is 5.92 Å². The fraction of sp³-hybridized carbons (Fsp3) is 0.562. The number of nitrogens with zero attached hydrogens (tertiary/aromatic N) is 1. The molecule has 2 aliphatic heterocycles. The Morgan fingerprint density at radius 1 is 1.39 bits per heavy atom. The van der Waals surface area contributed by atoms with Crippen LogP contribution in [0.4, 0.5) is 0 Å². The Balaban J connectivity index is 0.00000192. The van der Waals surface area contributed by atoms with Gasteiger partial charge in [-0.25, -0.2) is 0 Å². The predicted molar refractivity (Wildman–Crippen MR) is 91.7 cm³/mol. The van der Waals surface area contributed by atoms with E-state index >= 15 is 0 Å². The van der Waals surface area contributed by atoms with Gasteiger partial charge in [-0.3, -0.25) is 4.79 Å². The van der Waals surface area contributed by atoms with Gasteiger partial charge < -0.3 is 20.1 Å². The normalized spacial score (nSPS) is 22.7. The minimum Gasteiger partial charge on any atom is -0.486 e. The maximum Gasteiger partial charge on any atom is 0.227 e. The van der Waals surface area contributed by atoms with Crippen molar-refractivity contribution in [2.75, 3.05) is 26.3 Å². The van der Waals surface area contributed by atoms with Gasteiger partial charge in [-0.15, -0.1) is 12.4 Å². The van der Waals surface area contributed by atoms with E-state index in [0.29, 0.717) is 48.6 Å². The summed E-state index contributed by atoms with van der Waals surface area (Å²) in [5.41, 5.74) is 6.57. The molecule has 0 saturated carbocycles. The van der Waals surface area contributed by atoms with Gasteiger partial charge >= 0.3 is 0 Å². The molecule has 0 aromatic heterocycles. The molecule has 1 aromatic rings. The molecule has 5 nitrogen and oxygen atoms in total. The second-order valence-electron chi connectivity index (χ2n) is 6.01. The van der Waals surface area contributed by atoms with Crippen LogP contribution in [-0.4, -0.2) is 43.2 Å². The molecule has 2 heterocycles. The highest BCUT2D eigenvalue weighted by Gasteiger charge is 2.31. The van der Waals surface area contributed by atoms with E-state index in [1.807, 2.05) is 11.0 Å². The Labute approximate surface area is 147 Å². The Hall–Kier alpha value is -1.17. The SMILES string of the molecule is CC1CC(CN)CN1C(=O)Cc1cc(Cl)c2c(c1)OCCO2.Cl. The number of hydrogen-bond acceptors (Lipinski definition) is 4. The third kappa shape index (κ3) is 3.84. The van der Waals surface area contributed by atoms with Gasteiger partial charge in [0.2, 0.25) is 5.91 Å². The van der Waals surface area contributed by atoms with E-state index in [0.717, 1.165) is 18.5 Å². The number of amides is 1. The van der Waals surface area contributed by atoms with Crippen molar-refractivity contribution < 1.29 is 14.3 Å². The van der Waals surface area contributed by atoms with Gasteiger partial charge in [-0.2, -0.15) is 0 Å². The molecule has 0 spiro atoms. The van der Waals surface area contributed by atoms with Crippen molar-refractivity contribution in [2.24, 2.45) is 11.7 Å². The second-order valence-corrected chi connectivity index (χ2v) is 6.42. The Bertz CT molecular complexity index is 583. The quantitative estimate of drug-likeness (QED) is 0.897. The molecule has 1 fully saturated rings. The van der Waals surface area contributed by atoms with E-state index in [1.54, 1.807) is 6.07 Å². The molecule has 0 radical (unpaired) electrons.